The zero-order valence-corrected chi connectivity index (χ0v) is 22.9. The van der Waals surface area contributed by atoms with E-state index in [1.807, 2.05) is 0 Å². The summed E-state index contributed by atoms with van der Waals surface area (Å²) in [7, 11) is 1.37. The van der Waals surface area contributed by atoms with E-state index in [1.165, 1.54) is 32.9 Å². The fourth-order valence-corrected chi connectivity index (χ4v) is 2.12. The summed E-state index contributed by atoms with van der Waals surface area (Å²) in [6.07, 6.45) is -0.369. The van der Waals surface area contributed by atoms with Crippen LogP contribution in [0.1, 0.15) is 81.6 Å². The molecule has 204 valence electrons. The summed E-state index contributed by atoms with van der Waals surface area (Å²) in [6, 6.07) is 0. The second kappa shape index (κ2) is 29.2. The Morgan fingerprint density at radius 3 is 1.55 bits per heavy atom. The number of nitrogens with zero attached hydrogens (tertiary/aromatic N) is 1. The molecule has 33 heavy (non-hydrogen) atoms. The smallest absolute Gasteiger partial charge is 0.300 e. The van der Waals surface area contributed by atoms with Gasteiger partial charge in [0.15, 0.2) is 12.6 Å². The molecular weight excluding hydrogens is 430 g/mol. The van der Waals surface area contributed by atoms with Crippen LogP contribution in [0.25, 0.3) is 0 Å². The number of methoxy groups -OCH3 is 1. The second-order valence-electron chi connectivity index (χ2n) is 7.66. The fourth-order valence-electron chi connectivity index (χ4n) is 2.12. The molecule has 0 aliphatic carbocycles. The highest BCUT2D eigenvalue weighted by molar-refractivity contribution is 5.62. The average Bonchev–Trinajstić information content (AvgIpc) is 2.77. The maximum absolute atomic E-state index is 9.40. The lowest BCUT2D eigenvalue weighted by Crippen LogP contribution is -2.53. The number of morpholine rings is 1. The van der Waals surface area contributed by atoms with Crippen LogP contribution in [0.15, 0.2) is 0 Å². The molecule has 2 aliphatic rings. The van der Waals surface area contributed by atoms with Crippen LogP contribution in [0, 0.1) is 5.92 Å². The van der Waals surface area contributed by atoms with E-state index in [0.717, 1.165) is 33.2 Å². The van der Waals surface area contributed by atoms with Gasteiger partial charge in [0.05, 0.1) is 13.2 Å². The van der Waals surface area contributed by atoms with Crippen LogP contribution >= 0.6 is 0 Å². The monoisotopic (exact) mass is 485 g/mol. The van der Waals surface area contributed by atoms with Gasteiger partial charge in [-0.25, -0.2) is 0 Å². The van der Waals surface area contributed by atoms with E-state index in [-0.39, 0.29) is 0 Å². The first-order valence-corrected chi connectivity index (χ1v) is 12.2. The van der Waals surface area contributed by atoms with Crippen molar-refractivity contribution in [2.75, 3.05) is 40.0 Å². The van der Waals surface area contributed by atoms with Crippen LogP contribution in [0.3, 0.4) is 0 Å². The molecule has 0 aromatic carbocycles. The second-order valence-corrected chi connectivity index (χ2v) is 7.66. The zero-order valence-electron chi connectivity index (χ0n) is 22.9. The Morgan fingerprint density at radius 2 is 1.27 bits per heavy atom. The quantitative estimate of drug-likeness (QED) is 0.465. The largest absolute Gasteiger partial charge is 0.481 e. The summed E-state index contributed by atoms with van der Waals surface area (Å²) in [5, 5.41) is 35.2. The van der Waals surface area contributed by atoms with E-state index >= 15 is 0 Å². The lowest BCUT2D eigenvalue weighted by molar-refractivity contribution is -0.323. The number of aliphatic hydroxyl groups excluding tert-OH is 3. The number of carboxylic acids is 1. The number of hydrogen-bond donors (Lipinski definition) is 4. The highest BCUT2D eigenvalue weighted by Gasteiger charge is 2.41. The molecular formula is C24H55NO8. The van der Waals surface area contributed by atoms with E-state index in [4.69, 9.17) is 29.2 Å². The molecule has 9 nitrogen and oxygen atoms in total. The van der Waals surface area contributed by atoms with Gasteiger partial charge in [0.1, 0.15) is 12.2 Å². The number of carboxylic acid groups (broad SMARTS) is 1. The zero-order chi connectivity index (χ0) is 26.8. The normalized spacial score (nSPS) is 26.0. The number of ether oxygens (including phenoxy) is 3. The molecule has 0 aromatic rings. The molecule has 0 bridgehead atoms. The van der Waals surface area contributed by atoms with Crippen LogP contribution < -0.4 is 0 Å². The van der Waals surface area contributed by atoms with Crippen LogP contribution in [-0.2, 0) is 19.0 Å². The minimum atomic E-state index is -1.28. The maximum Gasteiger partial charge on any atom is 0.300 e. The molecule has 2 rings (SSSR count). The van der Waals surface area contributed by atoms with Gasteiger partial charge in [-0.2, -0.15) is 0 Å². The van der Waals surface area contributed by atoms with Crippen molar-refractivity contribution >= 4 is 5.97 Å². The van der Waals surface area contributed by atoms with Gasteiger partial charge in [0.2, 0.25) is 0 Å². The molecule has 2 aliphatic heterocycles. The van der Waals surface area contributed by atoms with E-state index < -0.39 is 36.7 Å². The average molecular weight is 486 g/mol. The van der Waals surface area contributed by atoms with Gasteiger partial charge < -0.3 is 34.6 Å². The van der Waals surface area contributed by atoms with Crippen molar-refractivity contribution in [2.45, 2.75) is 106 Å². The SMILES string of the molecule is CC(=O)O.CCC.CCC.CCC.CCN1CCOCC1.COC1OC(O)C(O)C(C)C1O. The predicted molar refractivity (Wildman–Crippen MR) is 133 cm³/mol. The summed E-state index contributed by atoms with van der Waals surface area (Å²) in [5.74, 6) is -1.29. The molecule has 0 amide bonds. The van der Waals surface area contributed by atoms with Gasteiger partial charge in [-0.1, -0.05) is 74.7 Å². The first-order chi connectivity index (χ1) is 15.5. The first kappa shape index (κ1) is 39.4. The summed E-state index contributed by atoms with van der Waals surface area (Å²) >= 11 is 0. The lowest BCUT2D eigenvalue weighted by Gasteiger charge is -2.38. The van der Waals surface area contributed by atoms with Crippen LogP contribution in [-0.4, -0.2) is 96.0 Å². The molecule has 4 N–H and O–H groups in total. The van der Waals surface area contributed by atoms with E-state index in [1.54, 1.807) is 6.92 Å². The van der Waals surface area contributed by atoms with Crippen molar-refractivity contribution in [1.82, 2.24) is 4.90 Å². The predicted octanol–water partition coefficient (Wildman–Crippen LogP) is 3.34. The lowest BCUT2D eigenvalue weighted by atomic mass is 9.94. The summed E-state index contributed by atoms with van der Waals surface area (Å²) < 4.78 is 14.7. The third kappa shape index (κ3) is 27.3. The number of aliphatic carboxylic acids is 1. The highest BCUT2D eigenvalue weighted by atomic mass is 16.7. The van der Waals surface area contributed by atoms with Crippen molar-refractivity contribution < 1.29 is 39.4 Å². The minimum Gasteiger partial charge on any atom is -0.481 e. The Kier molecular flexibility index (Phi) is 34.9. The maximum atomic E-state index is 9.40. The van der Waals surface area contributed by atoms with Crippen LogP contribution in [0.4, 0.5) is 0 Å². The van der Waals surface area contributed by atoms with Crippen LogP contribution in [0.5, 0.6) is 0 Å². The number of hydrogen-bond acceptors (Lipinski definition) is 8. The number of rotatable bonds is 2. The van der Waals surface area contributed by atoms with Crippen molar-refractivity contribution in [3.05, 3.63) is 0 Å². The third-order valence-electron chi connectivity index (χ3n) is 3.71. The Bertz CT molecular complexity index is 368. The number of likely N-dealkylation sites (N-methyl/N-ethyl adjacent to an activating group) is 1. The molecule has 9 heteroatoms. The van der Waals surface area contributed by atoms with E-state index in [2.05, 4.69) is 53.4 Å². The first-order valence-electron chi connectivity index (χ1n) is 12.2. The molecule has 0 aromatic heterocycles. The Labute approximate surface area is 203 Å². The van der Waals surface area contributed by atoms with Gasteiger partial charge in [0, 0.05) is 33.0 Å². The molecule has 0 saturated carbocycles. The Balaban J connectivity index is -0.000000173. The molecule has 5 unspecified atom stereocenters. The minimum absolute atomic E-state index is 0.460. The van der Waals surface area contributed by atoms with Gasteiger partial charge >= 0.3 is 0 Å². The van der Waals surface area contributed by atoms with Crippen LogP contribution in [0.2, 0.25) is 0 Å². The third-order valence-corrected chi connectivity index (χ3v) is 3.71. The highest BCUT2D eigenvalue weighted by Crippen LogP contribution is 2.24. The summed E-state index contributed by atoms with van der Waals surface area (Å²) in [5.41, 5.74) is 0. The topological polar surface area (TPSA) is 129 Å². The molecule has 5 atom stereocenters. The standard InChI is InChI=1S/C7H14O5.C6H13NO.3C3H8.C2H4O2/c1-3-4(8)6(10)12-7(11-2)5(3)9;1-2-7-3-5-8-6-4-7;3*1-3-2;1-2(3)4/h3-10H,1-2H3;2-6H2,1H3;3*3H2,1-2H3;1H3,(H,3,4). The molecule has 0 radical (unpaired) electrons. The van der Waals surface area contributed by atoms with Crippen molar-refractivity contribution in [3.8, 4) is 0 Å². The Morgan fingerprint density at radius 1 is 0.909 bits per heavy atom. The van der Waals surface area contributed by atoms with Gasteiger partial charge in [-0.3, -0.25) is 9.69 Å². The van der Waals surface area contributed by atoms with Crippen molar-refractivity contribution in [2.24, 2.45) is 5.92 Å². The van der Waals surface area contributed by atoms with Gasteiger partial charge in [-0.05, 0) is 6.54 Å². The summed E-state index contributed by atoms with van der Waals surface area (Å²) in [4.78, 5) is 11.4. The molecule has 2 heterocycles. The number of aliphatic hydroxyl groups is 3. The molecule has 2 fully saturated rings. The van der Waals surface area contributed by atoms with Gasteiger partial charge in [-0.15, -0.1) is 0 Å². The molecule has 0 spiro atoms. The Hall–Kier alpha value is -0.810. The fraction of sp³-hybridized carbons (Fsp3) is 0.958. The van der Waals surface area contributed by atoms with Crippen molar-refractivity contribution in [1.29, 1.82) is 0 Å². The van der Waals surface area contributed by atoms with E-state index in [0.29, 0.717) is 0 Å². The number of carbonyl (C=O) groups is 1. The van der Waals surface area contributed by atoms with Gasteiger partial charge in [0.25, 0.3) is 5.97 Å². The summed E-state index contributed by atoms with van der Waals surface area (Å²) in [6.45, 7) is 22.9. The van der Waals surface area contributed by atoms with E-state index in [9.17, 15) is 10.2 Å². The molecule has 2 saturated heterocycles. The van der Waals surface area contributed by atoms with Crippen molar-refractivity contribution in [3.63, 3.8) is 0 Å².